The normalized spacial score (nSPS) is 14.6. The number of carbonyl (C=O) groups is 2. The van der Waals surface area contributed by atoms with Gasteiger partial charge in [-0.3, -0.25) is 14.2 Å². The Labute approximate surface area is 160 Å². The largest absolute Gasteiger partial charge is 0.474 e. The Balaban J connectivity index is 1.83. The molecule has 3 aromatic rings. The van der Waals surface area contributed by atoms with Crippen LogP contribution in [0.1, 0.15) is 24.2 Å². The first kappa shape index (κ1) is 17.7. The highest BCUT2D eigenvalue weighted by atomic mass is 16.4. The highest BCUT2D eigenvalue weighted by Crippen LogP contribution is 2.27. The van der Waals surface area contributed by atoms with E-state index in [0.717, 1.165) is 24.0 Å². The van der Waals surface area contributed by atoms with E-state index in [2.05, 4.69) is 10.3 Å². The van der Waals surface area contributed by atoms with Crippen molar-refractivity contribution in [2.45, 2.75) is 19.4 Å². The van der Waals surface area contributed by atoms with Crippen molar-refractivity contribution in [3.63, 3.8) is 0 Å². The average molecular weight is 375 g/mol. The Morgan fingerprint density at radius 1 is 1.14 bits per heavy atom. The van der Waals surface area contributed by atoms with E-state index in [1.165, 1.54) is 12.1 Å². The molecule has 0 aliphatic carbocycles. The van der Waals surface area contributed by atoms with Crippen molar-refractivity contribution in [1.29, 1.82) is 0 Å². The predicted octanol–water partition coefficient (Wildman–Crippen LogP) is 2.75. The lowest BCUT2D eigenvalue weighted by Gasteiger charge is -2.21. The molecule has 1 amide bonds. The number of benzene rings is 2. The molecule has 0 radical (unpaired) electrons. The summed E-state index contributed by atoms with van der Waals surface area (Å²) in [6.07, 6.45) is 3.69. The fraction of sp³-hybridized carbons (Fsp3) is 0.143. The summed E-state index contributed by atoms with van der Waals surface area (Å²) in [6, 6.07) is 14.4. The quantitative estimate of drug-likeness (QED) is 0.671. The van der Waals surface area contributed by atoms with E-state index < -0.39 is 11.9 Å². The van der Waals surface area contributed by atoms with Crippen LogP contribution in [0.3, 0.4) is 0 Å². The summed E-state index contributed by atoms with van der Waals surface area (Å²) < 4.78 is 1.68. The van der Waals surface area contributed by atoms with Crippen LogP contribution in [0.4, 0.5) is 5.69 Å². The molecule has 1 aromatic heterocycles. The van der Waals surface area contributed by atoms with Crippen LogP contribution >= 0.6 is 0 Å². The smallest absolute Gasteiger partial charge is 0.394 e. The number of hydrogen-bond acceptors (Lipinski definition) is 4. The van der Waals surface area contributed by atoms with Gasteiger partial charge in [-0.2, -0.15) is 0 Å². The van der Waals surface area contributed by atoms with Crippen molar-refractivity contribution in [2.24, 2.45) is 0 Å². The van der Waals surface area contributed by atoms with Crippen molar-refractivity contribution < 1.29 is 14.7 Å². The molecule has 1 aliphatic heterocycles. The first-order chi connectivity index (χ1) is 13.5. The zero-order valence-electron chi connectivity index (χ0n) is 14.9. The molecule has 2 aromatic carbocycles. The van der Waals surface area contributed by atoms with E-state index in [1.54, 1.807) is 10.6 Å². The first-order valence-electron chi connectivity index (χ1n) is 8.88. The van der Waals surface area contributed by atoms with E-state index in [-0.39, 0.29) is 11.2 Å². The minimum Gasteiger partial charge on any atom is -0.474 e. The van der Waals surface area contributed by atoms with Crippen molar-refractivity contribution in [3.8, 4) is 0 Å². The van der Waals surface area contributed by atoms with Crippen LogP contribution in [-0.4, -0.2) is 26.5 Å². The van der Waals surface area contributed by atoms with Crippen LogP contribution in [0, 0.1) is 0 Å². The Morgan fingerprint density at radius 3 is 2.68 bits per heavy atom. The molecule has 0 saturated carbocycles. The van der Waals surface area contributed by atoms with Gasteiger partial charge in [-0.05, 0) is 48.3 Å². The second-order valence-electron chi connectivity index (χ2n) is 6.57. The van der Waals surface area contributed by atoms with Gasteiger partial charge in [-0.15, -0.1) is 0 Å². The molecule has 28 heavy (non-hydrogen) atoms. The number of aromatic nitrogens is 2. The molecule has 0 bridgehead atoms. The van der Waals surface area contributed by atoms with Crippen molar-refractivity contribution in [1.82, 2.24) is 9.55 Å². The maximum atomic E-state index is 12.9. The van der Waals surface area contributed by atoms with Crippen LogP contribution in [0.2, 0.25) is 0 Å². The molecule has 140 valence electrons. The number of fused-ring (bicyclic) bond motifs is 2. The number of nitrogens with zero attached hydrogens (tertiary/aromatic N) is 2. The molecule has 0 fully saturated rings. The molecule has 7 heteroatoms. The Kier molecular flexibility index (Phi) is 4.49. The van der Waals surface area contributed by atoms with Crippen LogP contribution in [0.5, 0.6) is 0 Å². The number of nitrogens with one attached hydrogen (secondary N) is 1. The molecule has 0 spiro atoms. The summed E-state index contributed by atoms with van der Waals surface area (Å²) in [5.41, 5.74) is 2.55. The molecule has 7 nitrogen and oxygen atoms in total. The molecule has 2 heterocycles. The van der Waals surface area contributed by atoms with Crippen molar-refractivity contribution >= 4 is 40.1 Å². The molecule has 1 aliphatic rings. The Hall–Kier alpha value is -3.74. The van der Waals surface area contributed by atoms with Crippen LogP contribution in [-0.2, 0) is 16.1 Å². The highest BCUT2D eigenvalue weighted by Gasteiger charge is 2.19. The first-order valence-corrected chi connectivity index (χ1v) is 8.88. The minimum atomic E-state index is -1.58. The van der Waals surface area contributed by atoms with Crippen LogP contribution in [0.25, 0.3) is 22.6 Å². The lowest BCUT2D eigenvalue weighted by molar-refractivity contribution is -0.147. The van der Waals surface area contributed by atoms with Crippen LogP contribution < -0.4 is 10.9 Å². The standard InChI is InChI=1S/C21H17N3O4/c25-19(21(27)28)22-15-8-9-16-17(12-15)23-18-14(7-4-10-24(18)20(16)26)11-13-5-2-1-3-6-13/h1-3,5-6,8-9,11-12H,4,7,10H2,(H,22,25)(H,27,28)/b14-11+. The van der Waals surface area contributed by atoms with E-state index in [9.17, 15) is 14.4 Å². The second-order valence-corrected chi connectivity index (χ2v) is 6.57. The number of aliphatic carboxylic acids is 1. The zero-order chi connectivity index (χ0) is 19.7. The molecule has 0 saturated heterocycles. The zero-order valence-corrected chi connectivity index (χ0v) is 14.9. The van der Waals surface area contributed by atoms with E-state index in [0.29, 0.717) is 23.3 Å². The Bertz CT molecular complexity index is 1180. The summed E-state index contributed by atoms with van der Waals surface area (Å²) in [6.45, 7) is 0.598. The van der Waals surface area contributed by atoms with Gasteiger partial charge < -0.3 is 10.4 Å². The van der Waals surface area contributed by atoms with E-state index >= 15 is 0 Å². The SMILES string of the molecule is O=C(O)C(=O)Nc1ccc2c(=O)n3c(nc2c1)/C(=C/c1ccccc1)CCC3. The van der Waals surface area contributed by atoms with Gasteiger partial charge in [-0.25, -0.2) is 9.78 Å². The summed E-state index contributed by atoms with van der Waals surface area (Å²) in [5, 5.41) is 11.5. The fourth-order valence-corrected chi connectivity index (χ4v) is 3.36. The fourth-order valence-electron chi connectivity index (χ4n) is 3.36. The van der Waals surface area contributed by atoms with Gasteiger partial charge in [0.2, 0.25) is 0 Å². The van der Waals surface area contributed by atoms with Crippen molar-refractivity contribution in [2.75, 3.05) is 5.32 Å². The molecular weight excluding hydrogens is 358 g/mol. The summed E-state index contributed by atoms with van der Waals surface area (Å²) in [7, 11) is 0. The number of carbonyl (C=O) groups excluding carboxylic acids is 1. The monoisotopic (exact) mass is 375 g/mol. The third kappa shape index (κ3) is 3.29. The van der Waals surface area contributed by atoms with E-state index in [1.807, 2.05) is 36.4 Å². The predicted molar refractivity (Wildman–Crippen MR) is 106 cm³/mol. The topological polar surface area (TPSA) is 101 Å². The maximum Gasteiger partial charge on any atom is 0.394 e. The lowest BCUT2D eigenvalue weighted by atomic mass is 10.0. The van der Waals surface area contributed by atoms with Gasteiger partial charge in [0, 0.05) is 12.2 Å². The number of allylic oxidation sites excluding steroid dienone is 1. The minimum absolute atomic E-state index is 0.144. The molecular formula is C21H17N3O4. The highest BCUT2D eigenvalue weighted by molar-refractivity contribution is 6.36. The van der Waals surface area contributed by atoms with Gasteiger partial charge in [0.15, 0.2) is 0 Å². The number of carboxylic acids is 1. The Morgan fingerprint density at radius 2 is 1.93 bits per heavy atom. The van der Waals surface area contributed by atoms with Crippen molar-refractivity contribution in [3.05, 3.63) is 70.3 Å². The molecule has 0 unspecified atom stereocenters. The third-order valence-corrected chi connectivity index (χ3v) is 4.66. The third-order valence-electron chi connectivity index (χ3n) is 4.66. The summed E-state index contributed by atoms with van der Waals surface area (Å²) in [5.74, 6) is -2.11. The lowest BCUT2D eigenvalue weighted by Crippen LogP contribution is -2.28. The van der Waals surface area contributed by atoms with Gasteiger partial charge >= 0.3 is 11.9 Å². The van der Waals surface area contributed by atoms with Gasteiger partial charge in [-0.1, -0.05) is 30.3 Å². The summed E-state index contributed by atoms with van der Waals surface area (Å²) in [4.78, 5) is 39.7. The number of anilines is 1. The summed E-state index contributed by atoms with van der Waals surface area (Å²) >= 11 is 0. The average Bonchev–Trinajstić information content (AvgIpc) is 2.69. The molecule has 0 atom stereocenters. The van der Waals surface area contributed by atoms with Gasteiger partial charge in [0.1, 0.15) is 5.82 Å². The van der Waals surface area contributed by atoms with Gasteiger partial charge in [0.25, 0.3) is 5.56 Å². The molecule has 2 N–H and O–H groups in total. The van der Waals surface area contributed by atoms with E-state index in [4.69, 9.17) is 5.11 Å². The number of hydrogen-bond donors (Lipinski definition) is 2. The second kappa shape index (κ2) is 7.11. The number of rotatable bonds is 2. The van der Waals surface area contributed by atoms with Crippen LogP contribution in [0.15, 0.2) is 53.3 Å². The number of amides is 1. The van der Waals surface area contributed by atoms with Gasteiger partial charge in [0.05, 0.1) is 10.9 Å². The number of carboxylic acid groups (broad SMARTS) is 1. The molecule has 4 rings (SSSR count). The maximum absolute atomic E-state index is 12.9.